The number of aromatic nitrogens is 4. The summed E-state index contributed by atoms with van der Waals surface area (Å²) in [5.41, 5.74) is 28.2. The molecule has 4 heterocycles. The highest BCUT2D eigenvalue weighted by Gasteiger charge is 2.39. The van der Waals surface area contributed by atoms with Crippen LogP contribution in [0.1, 0.15) is 102 Å². The first-order valence-electron chi connectivity index (χ1n) is 37.1. The van der Waals surface area contributed by atoms with Crippen molar-refractivity contribution in [1.29, 1.82) is 16.2 Å². The summed E-state index contributed by atoms with van der Waals surface area (Å²) in [6, 6.07) is 15.5. The number of benzene rings is 4. The zero-order valence-corrected chi connectivity index (χ0v) is 63.1. The minimum Gasteiger partial charge on any atom is -0.480 e. The lowest BCUT2D eigenvalue weighted by molar-refractivity contribution is -0.142. The second-order valence-electron chi connectivity index (χ2n) is 28.7. The number of nitrogens with one attached hydrogen (secondary N) is 19. The topological polar surface area (TPSA) is 574 Å². The van der Waals surface area contributed by atoms with Gasteiger partial charge in [0.2, 0.25) is 53.2 Å². The monoisotopic (exact) mass is 1530 g/mol. The molecule has 0 spiro atoms. The first-order valence-corrected chi connectivity index (χ1v) is 37.1. The Morgan fingerprint density at radius 3 is 0.901 bits per heavy atom. The normalized spacial score (nSPS) is 14.1. The van der Waals surface area contributed by atoms with E-state index in [1.165, 1.54) is 0 Å². The molecule has 34 nitrogen and oxygen atoms in total. The van der Waals surface area contributed by atoms with Crippen molar-refractivity contribution < 1.29 is 53.1 Å². The number of carbonyl (C=O) groups excluding carboxylic acids is 9. The molecule has 0 aliphatic carbocycles. The van der Waals surface area contributed by atoms with Crippen molar-refractivity contribution in [2.45, 2.75) is 166 Å². The molecule has 0 saturated heterocycles. The average Bonchev–Trinajstić information content (AvgIpc) is 1.76. The maximum atomic E-state index is 15.3. The fourth-order valence-electron chi connectivity index (χ4n) is 13.2. The van der Waals surface area contributed by atoms with Gasteiger partial charge in [-0.3, -0.25) is 59.4 Å². The SMILES string of the molecule is CC(C)[C@H](NC(=O)[C@H](Cc1c[nH]c2ccccc12)NC(=O)[C@H](CCCNC(=N)N)NC(=O)[C@H](CCCNC(=N)N)NC(=O)[C@@H](N)CCCNC(=N)N)C(=O)N[C@@H](Cc1c[nH]c2ccccc12)C(=O)N[C@H](C(=O)N[C@H](C(=O)N[C@@H](Cc1c[nH]c2ccccc12)C(=O)N[C@@H](Cc1c[nH]c2ccccc12)C(=O)O)C(C)C)C(C)C. The number of aromatic amines is 4. The maximum absolute atomic E-state index is 15.3. The summed E-state index contributed by atoms with van der Waals surface area (Å²) in [7, 11) is 0. The Kier molecular flexibility index (Phi) is 30.4. The number of guanidine groups is 3. The summed E-state index contributed by atoms with van der Waals surface area (Å²) in [5, 5.41) is 69.3. The molecular weight excluding hydrogens is 1420 g/mol. The van der Waals surface area contributed by atoms with Crippen LogP contribution in [0, 0.1) is 34.0 Å². The van der Waals surface area contributed by atoms with Crippen LogP contribution < -0.4 is 86.7 Å². The van der Waals surface area contributed by atoms with Gasteiger partial charge in [0, 0.05) is 114 Å². The van der Waals surface area contributed by atoms with Gasteiger partial charge in [-0.25, -0.2) is 4.79 Å². The molecule has 9 amide bonds. The number of aliphatic carboxylic acids is 1. The molecule has 8 aromatic rings. The van der Waals surface area contributed by atoms with Crippen molar-refractivity contribution in [3.8, 4) is 0 Å². The smallest absolute Gasteiger partial charge is 0.326 e. The molecule has 0 saturated carbocycles. The predicted molar refractivity (Wildman–Crippen MR) is 423 cm³/mol. The number of amides is 9. The Balaban J connectivity index is 1.03. The van der Waals surface area contributed by atoms with Gasteiger partial charge in [-0.15, -0.1) is 0 Å². The molecule has 0 unspecified atom stereocenters. The van der Waals surface area contributed by atoms with E-state index in [2.05, 4.69) is 83.7 Å². The second-order valence-corrected chi connectivity index (χ2v) is 28.7. The molecular formula is C77H105N23O11. The van der Waals surface area contributed by atoms with Crippen LogP contribution in [0.5, 0.6) is 0 Å². The Hall–Kier alpha value is -12.5. The third-order valence-corrected chi connectivity index (χ3v) is 19.2. The molecule has 0 radical (unpaired) electrons. The molecule has 34 heteroatoms. The van der Waals surface area contributed by atoms with E-state index in [1.807, 2.05) is 84.9 Å². The maximum Gasteiger partial charge on any atom is 0.326 e. The van der Waals surface area contributed by atoms with Crippen LogP contribution in [0.3, 0.4) is 0 Å². The van der Waals surface area contributed by atoms with Gasteiger partial charge in [-0.1, -0.05) is 114 Å². The van der Waals surface area contributed by atoms with Crippen molar-refractivity contribution in [2.75, 3.05) is 19.6 Å². The van der Waals surface area contributed by atoms with Crippen LogP contribution in [0.2, 0.25) is 0 Å². The summed E-state index contributed by atoms with van der Waals surface area (Å²) in [5.74, 6) is -11.5. The van der Waals surface area contributed by atoms with Crippen molar-refractivity contribution in [1.82, 2.24) is 83.7 Å². The average molecular weight is 1530 g/mol. The minimum absolute atomic E-state index is 0.0213. The number of hydrogen-bond donors (Lipinski definition) is 24. The number of hydrogen-bond acceptors (Lipinski definition) is 14. The van der Waals surface area contributed by atoms with E-state index in [-0.39, 0.29) is 95.3 Å². The van der Waals surface area contributed by atoms with Crippen LogP contribution in [-0.2, 0) is 73.6 Å². The number of nitrogens with two attached hydrogens (primary N) is 4. The molecule has 10 atom stereocenters. The van der Waals surface area contributed by atoms with E-state index in [0.29, 0.717) is 50.5 Å². The Bertz CT molecular complexity index is 4620. The van der Waals surface area contributed by atoms with Gasteiger partial charge in [-0.2, -0.15) is 0 Å². The number of rotatable bonds is 42. The van der Waals surface area contributed by atoms with E-state index >= 15 is 19.2 Å². The van der Waals surface area contributed by atoms with Crippen molar-refractivity contribution in [3.05, 3.63) is 144 Å². The summed E-state index contributed by atoms with van der Waals surface area (Å²) in [4.78, 5) is 159. The molecule has 0 aliphatic rings. The Labute approximate surface area is 641 Å². The molecule has 28 N–H and O–H groups in total. The highest BCUT2D eigenvalue weighted by molar-refractivity contribution is 6.00. The molecule has 594 valence electrons. The van der Waals surface area contributed by atoms with Gasteiger partial charge in [0.1, 0.15) is 54.4 Å². The summed E-state index contributed by atoms with van der Waals surface area (Å²) in [6.45, 7) is 10.5. The Morgan fingerprint density at radius 1 is 0.342 bits per heavy atom. The van der Waals surface area contributed by atoms with E-state index in [9.17, 15) is 33.9 Å². The molecule has 0 fully saturated rings. The number of carboxylic acids is 1. The number of carbonyl (C=O) groups is 10. The largest absolute Gasteiger partial charge is 0.480 e. The highest BCUT2D eigenvalue weighted by atomic mass is 16.4. The standard InChI is InChI=1S/C77H105N23O11/c1-40(2)62(98-69(105)59(33-44-37-89-53-24-12-8-19-48(44)53)94-67(103)57(28-17-31-87-77(83)84)93-66(102)56(27-16-30-86-76(81)82)92-65(101)51(78)22-15-29-85-75(79)80)71(107)96-60(34-45-38-90-54-25-13-9-20-49(45)54)70(106)99-64(42(5)6)73(109)100-63(41(3)4)72(108)95-58(32-43-36-88-52-23-11-7-18-47(43)52)68(104)97-61(74(110)111)35-46-39-91-55-26-14-10-21-50(46)55/h7-14,18-21,23-26,36-42,51,56-64,88-91H,15-17,22,27-35,78H2,1-6H3,(H,92,101)(H,93,102)(H,94,103)(H,95,108)(H,96,107)(H,97,104)(H,98,105)(H,99,106)(H,100,109)(H,110,111)(H4,79,80,85)(H4,81,82,86)(H4,83,84,87)/t51-,56-,57-,58-,59-,60-,61-,62-,63-,64-/m0/s1. The summed E-state index contributed by atoms with van der Waals surface area (Å²) < 4.78 is 0. The molecule has 4 aromatic carbocycles. The number of para-hydroxylation sites is 4. The molecule has 111 heavy (non-hydrogen) atoms. The quantitative estimate of drug-likeness (QED) is 0.0146. The van der Waals surface area contributed by atoms with Gasteiger partial charge in [0.05, 0.1) is 6.04 Å². The third kappa shape index (κ3) is 24.0. The van der Waals surface area contributed by atoms with Crippen LogP contribution in [-0.4, -0.2) is 182 Å². The lowest BCUT2D eigenvalue weighted by atomic mass is 9.97. The molecule has 0 bridgehead atoms. The van der Waals surface area contributed by atoms with Crippen molar-refractivity contribution >= 4 is 121 Å². The van der Waals surface area contributed by atoms with Crippen LogP contribution in [0.4, 0.5) is 0 Å². The lowest BCUT2D eigenvalue weighted by Gasteiger charge is -2.30. The molecule has 0 aliphatic heterocycles. The van der Waals surface area contributed by atoms with Gasteiger partial charge in [-0.05, 0) is 103 Å². The lowest BCUT2D eigenvalue weighted by Crippen LogP contribution is -2.62. The number of H-pyrrole nitrogens is 4. The second kappa shape index (κ2) is 40.1. The van der Waals surface area contributed by atoms with E-state index in [0.717, 1.165) is 21.8 Å². The zero-order valence-electron chi connectivity index (χ0n) is 63.1. The molecule has 4 aromatic heterocycles. The minimum atomic E-state index is -1.48. The van der Waals surface area contributed by atoms with Crippen LogP contribution >= 0.6 is 0 Å². The molecule has 8 rings (SSSR count). The number of carboxylic acid groups (broad SMARTS) is 1. The van der Waals surface area contributed by atoms with Gasteiger partial charge < -0.3 is 112 Å². The van der Waals surface area contributed by atoms with Gasteiger partial charge in [0.15, 0.2) is 17.9 Å². The van der Waals surface area contributed by atoms with Crippen LogP contribution in [0.15, 0.2) is 122 Å². The van der Waals surface area contributed by atoms with Crippen molar-refractivity contribution in [3.63, 3.8) is 0 Å². The van der Waals surface area contributed by atoms with Crippen molar-refractivity contribution in [2.24, 2.45) is 40.7 Å². The van der Waals surface area contributed by atoms with Gasteiger partial charge in [0.25, 0.3) is 0 Å². The fourth-order valence-corrected chi connectivity index (χ4v) is 13.2. The zero-order chi connectivity index (χ0) is 80.6. The summed E-state index contributed by atoms with van der Waals surface area (Å²) >= 11 is 0. The van der Waals surface area contributed by atoms with Gasteiger partial charge >= 0.3 is 5.97 Å². The first kappa shape index (κ1) is 84.1. The summed E-state index contributed by atoms with van der Waals surface area (Å²) in [6.07, 6.45) is 6.91. The predicted octanol–water partition coefficient (Wildman–Crippen LogP) is 1.42. The highest BCUT2D eigenvalue weighted by Crippen LogP contribution is 2.25. The first-order chi connectivity index (χ1) is 53.0. The van der Waals surface area contributed by atoms with E-state index in [1.54, 1.807) is 78.5 Å². The van der Waals surface area contributed by atoms with Crippen LogP contribution in [0.25, 0.3) is 43.6 Å². The number of fused-ring (bicyclic) bond motifs is 4. The van der Waals surface area contributed by atoms with E-state index in [4.69, 9.17) is 39.2 Å². The Morgan fingerprint density at radius 2 is 0.586 bits per heavy atom. The third-order valence-electron chi connectivity index (χ3n) is 19.2. The fraction of sp³-hybridized carbons (Fsp3) is 0.416. The van der Waals surface area contributed by atoms with E-state index < -0.39 is 137 Å².